The van der Waals surface area contributed by atoms with Gasteiger partial charge in [-0.25, -0.2) is 9.18 Å². The van der Waals surface area contributed by atoms with Gasteiger partial charge in [0.1, 0.15) is 11.5 Å². The summed E-state index contributed by atoms with van der Waals surface area (Å²) in [7, 11) is 1.26. The number of hydrogen-bond acceptors (Lipinski definition) is 5. The molecule has 1 heterocycles. The van der Waals surface area contributed by atoms with Gasteiger partial charge in [-0.1, -0.05) is 17.3 Å². The number of carbonyl (C=O) groups is 2. The molecule has 0 bridgehead atoms. The quantitative estimate of drug-likeness (QED) is 0.735. The molecule has 0 aliphatic carbocycles. The van der Waals surface area contributed by atoms with E-state index in [9.17, 15) is 14.0 Å². The Hall–Kier alpha value is -3.48. The molecule has 1 aromatic heterocycles. The van der Waals surface area contributed by atoms with Crippen LogP contribution in [0.15, 0.2) is 59.1 Å². The molecule has 0 saturated heterocycles. The maximum atomic E-state index is 13.0. The summed E-state index contributed by atoms with van der Waals surface area (Å²) in [4.78, 5) is 24.0. The van der Waals surface area contributed by atoms with E-state index in [1.54, 1.807) is 18.2 Å². The summed E-state index contributed by atoms with van der Waals surface area (Å²) >= 11 is 0. The summed E-state index contributed by atoms with van der Waals surface area (Å²) < 4.78 is 22.7. The predicted octanol–water partition coefficient (Wildman–Crippen LogP) is 3.52. The zero-order chi connectivity index (χ0) is 17.8. The Kier molecular flexibility index (Phi) is 4.56. The molecule has 3 aromatic rings. The molecule has 126 valence electrons. The Bertz CT molecular complexity index is 919. The SMILES string of the molecule is COC(=O)c1ccccc1NC(=O)c1cc(-c2ccc(F)cc2)no1. The van der Waals surface area contributed by atoms with Gasteiger partial charge in [-0.3, -0.25) is 4.79 Å². The van der Waals surface area contributed by atoms with E-state index in [2.05, 4.69) is 15.2 Å². The molecule has 3 rings (SSSR count). The average molecular weight is 340 g/mol. The maximum Gasteiger partial charge on any atom is 0.339 e. The number of nitrogens with one attached hydrogen (secondary N) is 1. The lowest BCUT2D eigenvalue weighted by Gasteiger charge is -2.07. The summed E-state index contributed by atoms with van der Waals surface area (Å²) in [5.41, 5.74) is 1.52. The van der Waals surface area contributed by atoms with Gasteiger partial charge in [0.05, 0.1) is 18.4 Å². The minimum Gasteiger partial charge on any atom is -0.465 e. The van der Waals surface area contributed by atoms with Crippen molar-refractivity contribution in [3.8, 4) is 11.3 Å². The van der Waals surface area contributed by atoms with Crippen LogP contribution in [-0.4, -0.2) is 24.1 Å². The van der Waals surface area contributed by atoms with Crippen LogP contribution in [0.3, 0.4) is 0 Å². The van der Waals surface area contributed by atoms with Gasteiger partial charge in [-0.05, 0) is 36.4 Å². The number of para-hydroxylation sites is 1. The van der Waals surface area contributed by atoms with Gasteiger partial charge in [0.15, 0.2) is 0 Å². The Morgan fingerprint density at radius 2 is 1.84 bits per heavy atom. The van der Waals surface area contributed by atoms with Crippen molar-refractivity contribution in [2.24, 2.45) is 0 Å². The first-order valence-corrected chi connectivity index (χ1v) is 7.30. The normalized spacial score (nSPS) is 10.3. The Morgan fingerprint density at radius 3 is 2.56 bits per heavy atom. The largest absolute Gasteiger partial charge is 0.465 e. The van der Waals surface area contributed by atoms with Crippen molar-refractivity contribution in [1.82, 2.24) is 5.16 Å². The van der Waals surface area contributed by atoms with Crippen LogP contribution in [0, 0.1) is 5.82 Å². The van der Waals surface area contributed by atoms with Crippen LogP contribution in [-0.2, 0) is 4.74 Å². The third kappa shape index (κ3) is 3.55. The van der Waals surface area contributed by atoms with Crippen molar-refractivity contribution in [3.05, 3.63) is 71.7 Å². The number of carbonyl (C=O) groups excluding carboxylic acids is 2. The van der Waals surface area contributed by atoms with Gasteiger partial charge in [0.25, 0.3) is 5.91 Å². The second-order valence-corrected chi connectivity index (χ2v) is 5.07. The van der Waals surface area contributed by atoms with Gasteiger partial charge in [-0.2, -0.15) is 0 Å². The van der Waals surface area contributed by atoms with Crippen LogP contribution >= 0.6 is 0 Å². The molecule has 0 unspecified atom stereocenters. The molecule has 0 aliphatic rings. The Labute approximate surface area is 142 Å². The number of benzene rings is 2. The number of esters is 1. The van der Waals surface area contributed by atoms with Gasteiger partial charge >= 0.3 is 5.97 Å². The standard InChI is InChI=1S/C18H13FN2O4/c1-24-18(23)13-4-2-3-5-14(13)20-17(22)16-10-15(21-25-16)11-6-8-12(19)9-7-11/h2-10H,1H3,(H,20,22). The van der Waals surface area contributed by atoms with E-state index in [-0.39, 0.29) is 17.1 Å². The number of methoxy groups -OCH3 is 1. The number of hydrogen-bond donors (Lipinski definition) is 1. The van der Waals surface area contributed by atoms with Gasteiger partial charge in [0, 0.05) is 11.6 Å². The van der Waals surface area contributed by atoms with Gasteiger partial charge < -0.3 is 14.6 Å². The molecule has 6 nitrogen and oxygen atoms in total. The molecule has 0 saturated carbocycles. The highest BCUT2D eigenvalue weighted by Gasteiger charge is 2.18. The fraction of sp³-hybridized carbons (Fsp3) is 0.0556. The van der Waals surface area contributed by atoms with E-state index in [0.717, 1.165) is 0 Å². The molecule has 1 amide bonds. The first-order valence-electron chi connectivity index (χ1n) is 7.30. The molecule has 0 atom stereocenters. The lowest BCUT2D eigenvalue weighted by atomic mass is 10.1. The van der Waals surface area contributed by atoms with Gasteiger partial charge in [0.2, 0.25) is 5.76 Å². The van der Waals surface area contributed by atoms with Crippen molar-refractivity contribution >= 4 is 17.6 Å². The lowest BCUT2D eigenvalue weighted by Crippen LogP contribution is -2.14. The van der Waals surface area contributed by atoms with Crippen LogP contribution in [0.25, 0.3) is 11.3 Å². The average Bonchev–Trinajstić information content (AvgIpc) is 3.12. The van der Waals surface area contributed by atoms with Crippen molar-refractivity contribution < 1.29 is 23.2 Å². The number of anilines is 1. The smallest absolute Gasteiger partial charge is 0.339 e. The number of aromatic nitrogens is 1. The zero-order valence-electron chi connectivity index (χ0n) is 13.2. The fourth-order valence-corrected chi connectivity index (χ4v) is 2.20. The molecular weight excluding hydrogens is 327 g/mol. The van der Waals surface area contributed by atoms with Crippen molar-refractivity contribution in [1.29, 1.82) is 0 Å². The summed E-state index contributed by atoms with van der Waals surface area (Å²) in [5.74, 6) is -1.55. The van der Waals surface area contributed by atoms with Crippen LogP contribution < -0.4 is 5.32 Å². The van der Waals surface area contributed by atoms with E-state index in [1.165, 1.54) is 43.5 Å². The minimum atomic E-state index is -0.572. The molecule has 1 N–H and O–H groups in total. The van der Waals surface area contributed by atoms with Crippen LogP contribution in [0.2, 0.25) is 0 Å². The third-order valence-electron chi connectivity index (χ3n) is 3.45. The van der Waals surface area contributed by atoms with E-state index < -0.39 is 11.9 Å². The highest BCUT2D eigenvalue weighted by molar-refractivity contribution is 6.06. The highest BCUT2D eigenvalue weighted by Crippen LogP contribution is 2.21. The molecular formula is C18H13FN2O4. The second-order valence-electron chi connectivity index (χ2n) is 5.07. The molecule has 2 aromatic carbocycles. The van der Waals surface area contributed by atoms with Crippen molar-refractivity contribution in [2.45, 2.75) is 0 Å². The summed E-state index contributed by atoms with van der Waals surface area (Å²) in [6.07, 6.45) is 0. The van der Waals surface area contributed by atoms with Crippen LogP contribution in [0.1, 0.15) is 20.9 Å². The number of nitrogens with zero attached hydrogens (tertiary/aromatic N) is 1. The van der Waals surface area contributed by atoms with Gasteiger partial charge in [-0.15, -0.1) is 0 Å². The summed E-state index contributed by atoms with van der Waals surface area (Å²) in [6, 6.07) is 13.5. The first-order chi connectivity index (χ1) is 12.1. The topological polar surface area (TPSA) is 81.4 Å². The summed E-state index contributed by atoms with van der Waals surface area (Å²) in [6.45, 7) is 0. The maximum absolute atomic E-state index is 13.0. The predicted molar refractivity (Wildman–Crippen MR) is 87.6 cm³/mol. The number of amides is 1. The minimum absolute atomic E-state index is 0.0426. The van der Waals surface area contributed by atoms with Crippen LogP contribution in [0.4, 0.5) is 10.1 Å². The molecule has 0 fully saturated rings. The first kappa shape index (κ1) is 16.4. The van der Waals surface area contributed by atoms with Crippen molar-refractivity contribution in [3.63, 3.8) is 0 Å². The fourth-order valence-electron chi connectivity index (χ4n) is 2.20. The third-order valence-corrected chi connectivity index (χ3v) is 3.45. The molecule has 0 radical (unpaired) electrons. The molecule has 7 heteroatoms. The van der Waals surface area contributed by atoms with E-state index >= 15 is 0 Å². The molecule has 0 aliphatic heterocycles. The van der Waals surface area contributed by atoms with E-state index in [0.29, 0.717) is 16.9 Å². The summed E-state index contributed by atoms with van der Waals surface area (Å²) in [5, 5.41) is 6.39. The Balaban J connectivity index is 1.81. The van der Waals surface area contributed by atoms with E-state index in [1.807, 2.05) is 0 Å². The van der Waals surface area contributed by atoms with E-state index in [4.69, 9.17) is 4.52 Å². The molecule has 25 heavy (non-hydrogen) atoms. The lowest BCUT2D eigenvalue weighted by molar-refractivity contribution is 0.0602. The number of rotatable bonds is 4. The number of halogens is 1. The monoisotopic (exact) mass is 340 g/mol. The zero-order valence-corrected chi connectivity index (χ0v) is 13.2. The second kappa shape index (κ2) is 6.96. The van der Waals surface area contributed by atoms with Crippen LogP contribution in [0.5, 0.6) is 0 Å². The molecule has 0 spiro atoms. The number of ether oxygens (including phenoxy) is 1. The Morgan fingerprint density at radius 1 is 1.12 bits per heavy atom. The van der Waals surface area contributed by atoms with Crippen molar-refractivity contribution in [2.75, 3.05) is 12.4 Å². The highest BCUT2D eigenvalue weighted by atomic mass is 19.1.